The van der Waals surface area contributed by atoms with Gasteiger partial charge in [-0.2, -0.15) is 0 Å². The van der Waals surface area contributed by atoms with Crippen molar-refractivity contribution in [3.8, 4) is 5.75 Å². The van der Waals surface area contributed by atoms with Crippen LogP contribution in [0.5, 0.6) is 5.75 Å². The summed E-state index contributed by atoms with van der Waals surface area (Å²) in [7, 11) is 3.12. The van der Waals surface area contributed by atoms with E-state index >= 15 is 0 Å². The Morgan fingerprint density at radius 3 is 2.71 bits per heavy atom. The van der Waals surface area contributed by atoms with E-state index in [-0.39, 0.29) is 25.0 Å². The molecular formula is C14H21ClN2O4. The standard InChI is InChI=1S/C14H21ClN2O4/c1-19-5-6-21-13-4-3-10(7-12(13)15)17-14(18)8-11(9-16)20-2/h3-4,7,11H,5-6,8-9,16H2,1-2H3,(H,17,18). The Morgan fingerprint density at radius 1 is 1.38 bits per heavy atom. The molecule has 0 radical (unpaired) electrons. The summed E-state index contributed by atoms with van der Waals surface area (Å²) in [6, 6.07) is 5.05. The number of carbonyl (C=O) groups excluding carboxylic acids is 1. The molecule has 1 aromatic carbocycles. The van der Waals surface area contributed by atoms with Crippen molar-refractivity contribution in [2.75, 3.05) is 39.3 Å². The molecule has 0 bridgehead atoms. The Balaban J connectivity index is 2.56. The van der Waals surface area contributed by atoms with Crippen molar-refractivity contribution < 1.29 is 19.0 Å². The lowest BCUT2D eigenvalue weighted by Crippen LogP contribution is -2.28. The maximum absolute atomic E-state index is 11.8. The fraction of sp³-hybridized carbons (Fsp3) is 0.500. The van der Waals surface area contributed by atoms with Crippen molar-refractivity contribution in [1.29, 1.82) is 0 Å². The van der Waals surface area contributed by atoms with Crippen LogP contribution in [0.3, 0.4) is 0 Å². The molecule has 0 aliphatic rings. The Hall–Kier alpha value is -1.34. The normalized spacial score (nSPS) is 12.0. The van der Waals surface area contributed by atoms with Gasteiger partial charge >= 0.3 is 0 Å². The predicted octanol–water partition coefficient (Wildman–Crippen LogP) is 1.67. The first-order valence-electron chi connectivity index (χ1n) is 6.54. The van der Waals surface area contributed by atoms with E-state index in [1.54, 1.807) is 25.3 Å². The lowest BCUT2D eigenvalue weighted by atomic mass is 10.2. The van der Waals surface area contributed by atoms with Gasteiger partial charge in [0.25, 0.3) is 0 Å². The van der Waals surface area contributed by atoms with E-state index < -0.39 is 0 Å². The summed E-state index contributed by atoms with van der Waals surface area (Å²) in [6.45, 7) is 1.18. The minimum Gasteiger partial charge on any atom is -0.490 e. The largest absolute Gasteiger partial charge is 0.490 e. The molecule has 21 heavy (non-hydrogen) atoms. The summed E-state index contributed by atoms with van der Waals surface area (Å²) < 4.78 is 15.4. The molecule has 1 aromatic rings. The fourth-order valence-electron chi connectivity index (χ4n) is 1.61. The number of amides is 1. The Bertz CT molecular complexity index is 453. The molecule has 0 aromatic heterocycles. The SMILES string of the molecule is COCCOc1ccc(NC(=O)CC(CN)OC)cc1Cl. The molecule has 1 atom stereocenters. The zero-order valence-electron chi connectivity index (χ0n) is 12.2. The zero-order chi connectivity index (χ0) is 15.7. The number of rotatable bonds is 9. The van der Waals surface area contributed by atoms with Crippen LogP contribution in [0.15, 0.2) is 18.2 Å². The number of halogens is 1. The highest BCUT2D eigenvalue weighted by Crippen LogP contribution is 2.27. The smallest absolute Gasteiger partial charge is 0.227 e. The molecule has 0 fully saturated rings. The van der Waals surface area contributed by atoms with Gasteiger partial charge in [0.2, 0.25) is 5.91 Å². The second kappa shape index (κ2) is 9.57. The number of methoxy groups -OCH3 is 2. The van der Waals surface area contributed by atoms with Crippen molar-refractivity contribution in [1.82, 2.24) is 0 Å². The summed E-state index contributed by atoms with van der Waals surface area (Å²) in [6.07, 6.45) is -0.103. The van der Waals surface area contributed by atoms with Crippen molar-refractivity contribution in [2.45, 2.75) is 12.5 Å². The van der Waals surface area contributed by atoms with Crippen LogP contribution in [0.2, 0.25) is 5.02 Å². The Kier molecular flexibility index (Phi) is 8.07. The summed E-state index contributed by atoms with van der Waals surface area (Å²) in [4.78, 5) is 11.8. The average Bonchev–Trinajstić information content (AvgIpc) is 2.47. The highest BCUT2D eigenvalue weighted by molar-refractivity contribution is 6.32. The van der Waals surface area contributed by atoms with Crippen molar-refractivity contribution in [3.63, 3.8) is 0 Å². The summed E-state index contributed by atoms with van der Waals surface area (Å²) >= 11 is 6.09. The Labute approximate surface area is 129 Å². The van der Waals surface area contributed by atoms with Crippen molar-refractivity contribution >= 4 is 23.2 Å². The maximum Gasteiger partial charge on any atom is 0.227 e. The summed E-state index contributed by atoms with van der Waals surface area (Å²) in [5.74, 6) is 0.361. The first-order valence-corrected chi connectivity index (χ1v) is 6.92. The summed E-state index contributed by atoms with van der Waals surface area (Å²) in [5, 5.41) is 3.16. The molecule has 0 aliphatic heterocycles. The van der Waals surface area contributed by atoms with Gasteiger partial charge in [0.15, 0.2) is 0 Å². The first-order chi connectivity index (χ1) is 10.1. The van der Waals surface area contributed by atoms with Crippen LogP contribution in [0.4, 0.5) is 5.69 Å². The molecule has 3 N–H and O–H groups in total. The third-order valence-corrected chi connectivity index (χ3v) is 3.07. The van der Waals surface area contributed by atoms with Crippen molar-refractivity contribution in [2.24, 2.45) is 5.73 Å². The molecule has 0 saturated carbocycles. The van der Waals surface area contributed by atoms with Crippen LogP contribution in [-0.4, -0.2) is 46.0 Å². The number of ether oxygens (including phenoxy) is 3. The molecule has 0 spiro atoms. The van der Waals surface area contributed by atoms with Gasteiger partial charge in [0.05, 0.1) is 24.2 Å². The number of anilines is 1. The molecular weight excluding hydrogens is 296 g/mol. The molecule has 7 heteroatoms. The Morgan fingerprint density at radius 2 is 2.14 bits per heavy atom. The number of benzene rings is 1. The minimum atomic E-state index is -0.294. The number of nitrogens with two attached hydrogens (primary N) is 1. The van der Waals surface area contributed by atoms with E-state index in [1.807, 2.05) is 0 Å². The van der Waals surface area contributed by atoms with Crippen LogP contribution in [0.25, 0.3) is 0 Å². The molecule has 118 valence electrons. The average molecular weight is 317 g/mol. The van der Waals surface area contributed by atoms with E-state index in [9.17, 15) is 4.79 Å². The van der Waals surface area contributed by atoms with Gasteiger partial charge in [-0.05, 0) is 18.2 Å². The van der Waals surface area contributed by atoms with Gasteiger partial charge < -0.3 is 25.3 Å². The van der Waals surface area contributed by atoms with Crippen LogP contribution in [0.1, 0.15) is 6.42 Å². The first kappa shape index (κ1) is 17.7. The van der Waals surface area contributed by atoms with Gasteiger partial charge in [0.1, 0.15) is 12.4 Å². The number of hydrogen-bond donors (Lipinski definition) is 2. The van der Waals surface area contributed by atoms with Gasteiger partial charge in [-0.25, -0.2) is 0 Å². The van der Waals surface area contributed by atoms with Crippen LogP contribution in [-0.2, 0) is 14.3 Å². The van der Waals surface area contributed by atoms with Crippen LogP contribution >= 0.6 is 11.6 Å². The molecule has 1 amide bonds. The highest BCUT2D eigenvalue weighted by Gasteiger charge is 2.12. The van der Waals surface area contributed by atoms with Gasteiger partial charge in [-0.15, -0.1) is 0 Å². The monoisotopic (exact) mass is 316 g/mol. The number of hydrogen-bond acceptors (Lipinski definition) is 5. The second-order valence-electron chi connectivity index (χ2n) is 4.33. The quantitative estimate of drug-likeness (QED) is 0.677. The summed E-state index contributed by atoms with van der Waals surface area (Å²) in [5.41, 5.74) is 6.07. The van der Waals surface area contributed by atoms with Gasteiger partial charge in [0, 0.05) is 26.5 Å². The lowest BCUT2D eigenvalue weighted by molar-refractivity contribution is -0.118. The van der Waals surface area contributed by atoms with E-state index in [2.05, 4.69) is 5.32 Å². The van der Waals surface area contributed by atoms with E-state index in [0.717, 1.165) is 0 Å². The molecule has 1 rings (SSSR count). The van der Waals surface area contributed by atoms with Gasteiger partial charge in [-0.1, -0.05) is 11.6 Å². The third-order valence-electron chi connectivity index (χ3n) is 2.77. The van der Waals surface area contributed by atoms with Crippen LogP contribution in [0, 0.1) is 0 Å². The molecule has 6 nitrogen and oxygen atoms in total. The zero-order valence-corrected chi connectivity index (χ0v) is 13.0. The molecule has 0 aliphatic carbocycles. The maximum atomic E-state index is 11.8. The fourth-order valence-corrected chi connectivity index (χ4v) is 1.85. The van der Waals surface area contributed by atoms with E-state index in [4.69, 9.17) is 31.5 Å². The van der Waals surface area contributed by atoms with E-state index in [1.165, 1.54) is 7.11 Å². The van der Waals surface area contributed by atoms with Crippen molar-refractivity contribution in [3.05, 3.63) is 23.2 Å². The minimum absolute atomic E-state index is 0.184. The lowest BCUT2D eigenvalue weighted by Gasteiger charge is -2.13. The molecule has 1 unspecified atom stereocenters. The number of nitrogens with one attached hydrogen (secondary N) is 1. The second-order valence-corrected chi connectivity index (χ2v) is 4.74. The van der Waals surface area contributed by atoms with E-state index in [0.29, 0.717) is 29.7 Å². The topological polar surface area (TPSA) is 82.8 Å². The third kappa shape index (κ3) is 6.31. The predicted molar refractivity (Wildman–Crippen MR) is 81.9 cm³/mol. The number of carbonyl (C=O) groups is 1. The highest BCUT2D eigenvalue weighted by atomic mass is 35.5. The molecule has 0 saturated heterocycles. The van der Waals surface area contributed by atoms with Crippen LogP contribution < -0.4 is 15.8 Å². The van der Waals surface area contributed by atoms with Gasteiger partial charge in [-0.3, -0.25) is 4.79 Å². The molecule has 0 heterocycles.